The number of thiazole rings is 1. The lowest BCUT2D eigenvalue weighted by atomic mass is 10.0. The molecule has 1 N–H and O–H groups in total. The third-order valence-corrected chi connectivity index (χ3v) is 6.30. The van der Waals surface area contributed by atoms with Crippen molar-refractivity contribution in [3.63, 3.8) is 0 Å². The van der Waals surface area contributed by atoms with Gasteiger partial charge in [-0.3, -0.25) is 9.56 Å². The number of aromatic hydroxyl groups is 1. The largest absolute Gasteiger partial charge is 0.493 e. The summed E-state index contributed by atoms with van der Waals surface area (Å²) >= 11 is 6.94. The van der Waals surface area contributed by atoms with E-state index in [2.05, 4.69) is 44.0 Å². The fraction of sp³-hybridized carbons (Fsp3) is 0.182. The first-order valence-corrected chi connectivity index (χ1v) is 10.1. The van der Waals surface area contributed by atoms with Crippen LogP contribution in [0.15, 0.2) is 41.4 Å². The third-order valence-electron chi connectivity index (χ3n) is 4.99. The van der Waals surface area contributed by atoms with Gasteiger partial charge < -0.3 is 5.11 Å². The van der Waals surface area contributed by atoms with Crippen molar-refractivity contribution in [3.05, 3.63) is 67.5 Å². The quantitative estimate of drug-likeness (QED) is 0.523. The van der Waals surface area contributed by atoms with Crippen LogP contribution in [-0.2, 0) is 6.42 Å². The second-order valence-corrected chi connectivity index (χ2v) is 8.36. The van der Waals surface area contributed by atoms with Crippen LogP contribution in [-0.4, -0.2) is 15.9 Å². The van der Waals surface area contributed by atoms with Gasteiger partial charge in [-0.15, -0.1) is 11.3 Å². The standard InChI is InChI=1S/C22H20N2OS2/c1-4-15-6-5-7-18-16(12-23-20(15)18)11-19-21(25)24(22(26)27-19)17-9-8-13(2)14(3)10-17/h5-12,25H,4H2,1-3H3. The molecule has 4 rings (SSSR count). The summed E-state index contributed by atoms with van der Waals surface area (Å²) in [5, 5.41) is 10.8. The van der Waals surface area contributed by atoms with E-state index < -0.39 is 0 Å². The second kappa shape index (κ2) is 6.91. The van der Waals surface area contributed by atoms with Gasteiger partial charge in [-0.1, -0.05) is 31.2 Å². The van der Waals surface area contributed by atoms with E-state index in [1.165, 1.54) is 28.0 Å². The highest BCUT2D eigenvalue weighted by Gasteiger charge is 2.18. The number of para-hydroxylation sites is 1. The maximum Gasteiger partial charge on any atom is 0.215 e. The fourth-order valence-corrected chi connectivity index (χ4v) is 4.59. The number of allylic oxidation sites excluding steroid dienone is 1. The van der Waals surface area contributed by atoms with Gasteiger partial charge in [0.2, 0.25) is 5.88 Å². The van der Waals surface area contributed by atoms with Gasteiger partial charge in [0.15, 0.2) is 3.95 Å². The van der Waals surface area contributed by atoms with Crippen LogP contribution in [0.2, 0.25) is 0 Å². The molecule has 1 aromatic heterocycles. The SMILES string of the molecule is CCc1cccc2c1N=CC2=Cc1sc(=S)n(-c2ccc(C)c(C)c2)c1O. The Balaban J connectivity index is 1.80. The van der Waals surface area contributed by atoms with Crippen LogP contribution < -0.4 is 0 Å². The zero-order chi connectivity index (χ0) is 19.1. The number of aryl methyl sites for hydroxylation is 3. The van der Waals surface area contributed by atoms with E-state index in [0.29, 0.717) is 3.95 Å². The lowest BCUT2D eigenvalue weighted by Gasteiger charge is -2.08. The molecule has 0 radical (unpaired) electrons. The molecule has 3 aromatic rings. The second-order valence-electron chi connectivity index (χ2n) is 6.68. The Hall–Kier alpha value is -2.50. The summed E-state index contributed by atoms with van der Waals surface area (Å²) in [4.78, 5) is 5.33. The van der Waals surface area contributed by atoms with Gasteiger partial charge >= 0.3 is 0 Å². The molecular weight excluding hydrogens is 372 g/mol. The molecule has 0 atom stereocenters. The van der Waals surface area contributed by atoms with Crippen molar-refractivity contribution in [2.24, 2.45) is 4.99 Å². The highest BCUT2D eigenvalue weighted by Crippen LogP contribution is 2.38. The van der Waals surface area contributed by atoms with Crippen LogP contribution in [0.3, 0.4) is 0 Å². The minimum atomic E-state index is 0.175. The van der Waals surface area contributed by atoms with E-state index in [1.807, 2.05) is 30.5 Å². The van der Waals surface area contributed by atoms with E-state index in [1.54, 1.807) is 4.57 Å². The number of aliphatic imine (C=N–C) groups is 1. The number of fused-ring (bicyclic) bond motifs is 1. The third kappa shape index (κ3) is 3.07. The van der Waals surface area contributed by atoms with Gasteiger partial charge in [0.25, 0.3) is 0 Å². The highest BCUT2D eigenvalue weighted by atomic mass is 32.1. The van der Waals surface area contributed by atoms with Gasteiger partial charge in [-0.2, -0.15) is 0 Å². The summed E-state index contributed by atoms with van der Waals surface area (Å²) in [5.74, 6) is 0.175. The molecule has 5 heteroatoms. The van der Waals surface area contributed by atoms with Crippen molar-refractivity contribution in [1.82, 2.24) is 4.57 Å². The first-order chi connectivity index (χ1) is 13.0. The zero-order valence-corrected chi connectivity index (χ0v) is 17.1. The number of nitrogens with zero attached hydrogens (tertiary/aromatic N) is 2. The highest BCUT2D eigenvalue weighted by molar-refractivity contribution is 7.73. The van der Waals surface area contributed by atoms with Gasteiger partial charge in [0.1, 0.15) is 0 Å². The van der Waals surface area contributed by atoms with Crippen molar-refractivity contribution in [1.29, 1.82) is 0 Å². The van der Waals surface area contributed by atoms with Crippen LogP contribution in [0.1, 0.15) is 34.1 Å². The molecule has 3 nitrogen and oxygen atoms in total. The van der Waals surface area contributed by atoms with Crippen molar-refractivity contribution in [3.8, 4) is 11.6 Å². The molecule has 0 spiro atoms. The first kappa shape index (κ1) is 17.9. The van der Waals surface area contributed by atoms with Crippen LogP contribution >= 0.6 is 23.6 Å². The Kier molecular flexibility index (Phi) is 4.58. The first-order valence-electron chi connectivity index (χ1n) is 8.90. The number of rotatable bonds is 3. The lowest BCUT2D eigenvalue weighted by Crippen LogP contribution is -1.94. The summed E-state index contributed by atoms with van der Waals surface area (Å²) in [5.41, 5.74) is 7.64. The van der Waals surface area contributed by atoms with Crippen LogP contribution in [0.25, 0.3) is 17.3 Å². The molecule has 2 aromatic carbocycles. The minimum Gasteiger partial charge on any atom is -0.493 e. The van der Waals surface area contributed by atoms with Crippen molar-refractivity contribution < 1.29 is 5.11 Å². The van der Waals surface area contributed by atoms with Crippen LogP contribution in [0.5, 0.6) is 5.88 Å². The summed E-state index contributed by atoms with van der Waals surface area (Å²) < 4.78 is 2.36. The molecule has 0 bridgehead atoms. The molecule has 136 valence electrons. The van der Waals surface area contributed by atoms with E-state index in [4.69, 9.17) is 12.2 Å². The minimum absolute atomic E-state index is 0.175. The zero-order valence-electron chi connectivity index (χ0n) is 15.5. The number of hydrogen-bond acceptors (Lipinski definition) is 4. The van der Waals surface area contributed by atoms with Crippen LogP contribution in [0.4, 0.5) is 5.69 Å². The fourth-order valence-electron chi connectivity index (χ4n) is 3.29. The summed E-state index contributed by atoms with van der Waals surface area (Å²) in [7, 11) is 0. The Morgan fingerprint density at radius 1 is 1.19 bits per heavy atom. The Bertz CT molecular complexity index is 1170. The Labute approximate surface area is 168 Å². The predicted molar refractivity (Wildman–Crippen MR) is 117 cm³/mol. The molecule has 0 aliphatic carbocycles. The maximum atomic E-state index is 10.8. The van der Waals surface area contributed by atoms with Crippen LogP contribution in [0, 0.1) is 17.8 Å². The lowest BCUT2D eigenvalue weighted by molar-refractivity contribution is 0.441. The number of benzene rings is 2. The Morgan fingerprint density at radius 3 is 2.74 bits per heavy atom. The van der Waals surface area contributed by atoms with E-state index in [9.17, 15) is 5.11 Å². The van der Waals surface area contributed by atoms with Crippen molar-refractivity contribution >= 4 is 47.1 Å². The summed E-state index contributed by atoms with van der Waals surface area (Å²) in [6.45, 7) is 6.27. The van der Waals surface area contributed by atoms with Gasteiger partial charge in [0.05, 0.1) is 16.3 Å². The van der Waals surface area contributed by atoms with E-state index >= 15 is 0 Å². The van der Waals surface area contributed by atoms with E-state index in [-0.39, 0.29) is 5.88 Å². The van der Waals surface area contributed by atoms with Gasteiger partial charge in [-0.25, -0.2) is 0 Å². The smallest absolute Gasteiger partial charge is 0.215 e. The predicted octanol–water partition coefficient (Wildman–Crippen LogP) is 6.41. The topological polar surface area (TPSA) is 37.5 Å². The molecule has 27 heavy (non-hydrogen) atoms. The van der Waals surface area contributed by atoms with Gasteiger partial charge in [0, 0.05) is 17.4 Å². The average molecular weight is 393 g/mol. The maximum absolute atomic E-state index is 10.8. The average Bonchev–Trinajstić information content (AvgIpc) is 3.19. The van der Waals surface area contributed by atoms with Crippen molar-refractivity contribution in [2.45, 2.75) is 27.2 Å². The number of hydrogen-bond donors (Lipinski definition) is 1. The molecule has 1 aliphatic heterocycles. The normalized spacial score (nSPS) is 14.1. The van der Waals surface area contributed by atoms with Gasteiger partial charge in [-0.05, 0) is 67.4 Å². The molecule has 2 heterocycles. The molecule has 0 unspecified atom stereocenters. The monoisotopic (exact) mass is 392 g/mol. The number of aromatic nitrogens is 1. The molecule has 0 fully saturated rings. The van der Waals surface area contributed by atoms with Crippen molar-refractivity contribution in [2.75, 3.05) is 0 Å². The summed E-state index contributed by atoms with van der Waals surface area (Å²) in [6.07, 6.45) is 4.79. The molecule has 0 saturated carbocycles. The summed E-state index contributed by atoms with van der Waals surface area (Å²) in [6, 6.07) is 12.3. The molecular formula is C22H20N2OS2. The molecule has 0 saturated heterocycles. The Morgan fingerprint density at radius 2 is 2.00 bits per heavy atom. The molecule has 0 amide bonds. The molecule has 1 aliphatic rings. The van der Waals surface area contributed by atoms with E-state index in [0.717, 1.165) is 33.8 Å².